The fraction of sp³-hybridized carbons (Fsp3) is 0.208. The smallest absolute Gasteiger partial charge is 0.128 e. The van der Waals surface area contributed by atoms with Crippen LogP contribution >= 0.6 is 0 Å². The van der Waals surface area contributed by atoms with Crippen molar-refractivity contribution in [2.45, 2.75) is 19.4 Å². The molecular formula is C24H23NO2. The first-order valence-corrected chi connectivity index (χ1v) is 9.21. The first-order chi connectivity index (χ1) is 13.4. The average Bonchev–Trinajstić information content (AvgIpc) is 2.74. The van der Waals surface area contributed by atoms with E-state index in [-0.39, 0.29) is 0 Å². The fourth-order valence-electron chi connectivity index (χ4n) is 2.82. The van der Waals surface area contributed by atoms with Crippen molar-refractivity contribution in [3.8, 4) is 22.9 Å². The number of unbranched alkanes of at least 4 members (excludes halogenated alkanes) is 1. The largest absolute Gasteiger partial charge is 0.493 e. The molecule has 0 aliphatic rings. The third kappa shape index (κ3) is 5.70. The minimum Gasteiger partial charge on any atom is -0.493 e. The summed E-state index contributed by atoms with van der Waals surface area (Å²) in [7, 11) is 0. The molecule has 0 saturated carbocycles. The molecule has 3 heteroatoms. The Morgan fingerprint density at radius 2 is 1.48 bits per heavy atom. The third-order valence-corrected chi connectivity index (χ3v) is 4.25. The molecule has 3 rings (SSSR count). The van der Waals surface area contributed by atoms with E-state index in [4.69, 9.17) is 14.7 Å². The van der Waals surface area contributed by atoms with Gasteiger partial charge in [0.25, 0.3) is 0 Å². The summed E-state index contributed by atoms with van der Waals surface area (Å²) in [6, 6.07) is 28.0. The van der Waals surface area contributed by atoms with Gasteiger partial charge in [0, 0.05) is 12.2 Å². The predicted octanol–water partition coefficient (Wildman–Crippen LogP) is 5.60. The van der Waals surface area contributed by atoms with Gasteiger partial charge in [-0.05, 0) is 42.2 Å². The van der Waals surface area contributed by atoms with Crippen LogP contribution < -0.4 is 4.74 Å². The molecule has 0 heterocycles. The summed E-state index contributed by atoms with van der Waals surface area (Å²) in [6.07, 6.45) is 1.84. The monoisotopic (exact) mass is 357 g/mol. The van der Waals surface area contributed by atoms with Crippen molar-refractivity contribution in [2.75, 3.05) is 13.2 Å². The van der Waals surface area contributed by atoms with Gasteiger partial charge in [-0.2, -0.15) is 5.26 Å². The maximum absolute atomic E-state index is 9.16. The zero-order valence-electron chi connectivity index (χ0n) is 15.3. The van der Waals surface area contributed by atoms with E-state index in [0.29, 0.717) is 25.4 Å². The van der Waals surface area contributed by atoms with Gasteiger partial charge in [-0.3, -0.25) is 0 Å². The lowest BCUT2D eigenvalue weighted by molar-refractivity contribution is 0.113. The molecule has 0 N–H and O–H groups in total. The predicted molar refractivity (Wildman–Crippen MR) is 107 cm³/mol. The van der Waals surface area contributed by atoms with Crippen LogP contribution in [-0.2, 0) is 11.3 Å². The Morgan fingerprint density at radius 3 is 2.22 bits per heavy atom. The SMILES string of the molecule is N#Cc1ccc(-c2ccccc2)c(OCCCCOCc2ccccc2)c1. The number of nitriles is 1. The molecule has 0 aliphatic carbocycles. The van der Waals surface area contributed by atoms with Crippen LogP contribution in [0.4, 0.5) is 0 Å². The average molecular weight is 357 g/mol. The minimum absolute atomic E-state index is 0.601. The first-order valence-electron chi connectivity index (χ1n) is 9.21. The Hall–Kier alpha value is -3.09. The highest BCUT2D eigenvalue weighted by Gasteiger charge is 2.07. The summed E-state index contributed by atoms with van der Waals surface area (Å²) in [5, 5.41) is 9.16. The maximum atomic E-state index is 9.16. The highest BCUT2D eigenvalue weighted by atomic mass is 16.5. The zero-order valence-corrected chi connectivity index (χ0v) is 15.3. The van der Waals surface area contributed by atoms with Gasteiger partial charge in [-0.15, -0.1) is 0 Å². The van der Waals surface area contributed by atoms with Gasteiger partial charge in [0.1, 0.15) is 5.75 Å². The highest BCUT2D eigenvalue weighted by molar-refractivity contribution is 5.71. The quantitative estimate of drug-likeness (QED) is 0.468. The number of benzene rings is 3. The molecule has 0 fully saturated rings. The number of hydrogen-bond acceptors (Lipinski definition) is 3. The van der Waals surface area contributed by atoms with E-state index in [1.807, 2.05) is 66.7 Å². The van der Waals surface area contributed by atoms with E-state index < -0.39 is 0 Å². The summed E-state index contributed by atoms with van der Waals surface area (Å²) in [5.41, 5.74) is 3.89. The molecule has 0 bridgehead atoms. The Balaban J connectivity index is 1.48. The van der Waals surface area contributed by atoms with Crippen LogP contribution in [0, 0.1) is 11.3 Å². The van der Waals surface area contributed by atoms with Crippen LogP contribution in [0.5, 0.6) is 5.75 Å². The molecule has 0 atom stereocenters. The van der Waals surface area contributed by atoms with Crippen molar-refractivity contribution >= 4 is 0 Å². The normalized spacial score (nSPS) is 10.3. The Morgan fingerprint density at radius 1 is 0.778 bits per heavy atom. The van der Waals surface area contributed by atoms with E-state index in [9.17, 15) is 0 Å². The molecule has 0 saturated heterocycles. The number of rotatable bonds is 9. The van der Waals surface area contributed by atoms with Crippen LogP contribution in [0.25, 0.3) is 11.1 Å². The second-order valence-electron chi connectivity index (χ2n) is 6.28. The van der Waals surface area contributed by atoms with Crippen molar-refractivity contribution in [3.05, 3.63) is 90.0 Å². The van der Waals surface area contributed by atoms with Gasteiger partial charge in [-0.1, -0.05) is 60.7 Å². The standard InChI is InChI=1S/C24H23NO2/c25-18-21-13-14-23(22-11-5-2-6-12-22)24(17-21)27-16-8-7-15-26-19-20-9-3-1-4-10-20/h1-6,9-14,17H,7-8,15-16,19H2. The second-order valence-corrected chi connectivity index (χ2v) is 6.28. The van der Waals surface area contributed by atoms with Crippen molar-refractivity contribution in [1.29, 1.82) is 5.26 Å². The molecule has 3 aromatic carbocycles. The van der Waals surface area contributed by atoms with Crippen molar-refractivity contribution < 1.29 is 9.47 Å². The van der Waals surface area contributed by atoms with Gasteiger partial charge < -0.3 is 9.47 Å². The van der Waals surface area contributed by atoms with Crippen LogP contribution in [0.15, 0.2) is 78.9 Å². The topological polar surface area (TPSA) is 42.2 Å². The van der Waals surface area contributed by atoms with Gasteiger partial charge >= 0.3 is 0 Å². The lowest BCUT2D eigenvalue weighted by atomic mass is 10.0. The van der Waals surface area contributed by atoms with E-state index in [0.717, 1.165) is 29.7 Å². The Bertz CT molecular complexity index is 870. The van der Waals surface area contributed by atoms with Crippen molar-refractivity contribution in [2.24, 2.45) is 0 Å². The molecule has 27 heavy (non-hydrogen) atoms. The fourth-order valence-corrected chi connectivity index (χ4v) is 2.82. The minimum atomic E-state index is 0.601. The van der Waals surface area contributed by atoms with Gasteiger partial charge in [0.2, 0.25) is 0 Å². The maximum Gasteiger partial charge on any atom is 0.128 e. The molecule has 3 aromatic rings. The summed E-state index contributed by atoms with van der Waals surface area (Å²) in [4.78, 5) is 0. The zero-order chi connectivity index (χ0) is 18.7. The molecule has 3 nitrogen and oxygen atoms in total. The number of hydrogen-bond donors (Lipinski definition) is 0. The van der Waals surface area contributed by atoms with Crippen molar-refractivity contribution in [1.82, 2.24) is 0 Å². The van der Waals surface area contributed by atoms with E-state index in [1.165, 1.54) is 5.56 Å². The summed E-state index contributed by atoms with van der Waals surface area (Å²) < 4.78 is 11.7. The molecular weight excluding hydrogens is 334 g/mol. The molecule has 0 radical (unpaired) electrons. The Kier molecular flexibility index (Phi) is 7.03. The van der Waals surface area contributed by atoms with Crippen LogP contribution in [-0.4, -0.2) is 13.2 Å². The molecule has 136 valence electrons. The lowest BCUT2D eigenvalue weighted by Gasteiger charge is -2.12. The lowest BCUT2D eigenvalue weighted by Crippen LogP contribution is -2.02. The molecule has 0 aliphatic heterocycles. The van der Waals surface area contributed by atoms with Crippen LogP contribution in [0.3, 0.4) is 0 Å². The number of ether oxygens (including phenoxy) is 2. The van der Waals surface area contributed by atoms with Crippen LogP contribution in [0.1, 0.15) is 24.0 Å². The first kappa shape index (κ1) is 18.7. The van der Waals surface area contributed by atoms with Gasteiger partial charge in [0.05, 0.1) is 24.8 Å². The second kappa shape index (κ2) is 10.2. The summed E-state index contributed by atoms with van der Waals surface area (Å²) >= 11 is 0. The summed E-state index contributed by atoms with van der Waals surface area (Å²) in [6.45, 7) is 1.95. The molecule has 0 spiro atoms. The van der Waals surface area contributed by atoms with E-state index >= 15 is 0 Å². The molecule has 0 aromatic heterocycles. The molecule has 0 unspecified atom stereocenters. The van der Waals surface area contributed by atoms with Crippen molar-refractivity contribution in [3.63, 3.8) is 0 Å². The van der Waals surface area contributed by atoms with Gasteiger partial charge in [0.15, 0.2) is 0 Å². The van der Waals surface area contributed by atoms with E-state index in [1.54, 1.807) is 0 Å². The molecule has 0 amide bonds. The summed E-state index contributed by atoms with van der Waals surface area (Å²) in [5.74, 6) is 0.755. The van der Waals surface area contributed by atoms with Gasteiger partial charge in [-0.25, -0.2) is 0 Å². The van der Waals surface area contributed by atoms with Crippen LogP contribution in [0.2, 0.25) is 0 Å². The Labute approximate surface area is 160 Å². The third-order valence-electron chi connectivity index (χ3n) is 4.25. The van der Waals surface area contributed by atoms with E-state index in [2.05, 4.69) is 18.2 Å². The number of nitrogens with zero attached hydrogens (tertiary/aromatic N) is 1. The highest BCUT2D eigenvalue weighted by Crippen LogP contribution is 2.31.